The second kappa shape index (κ2) is 8.74. The van der Waals surface area contributed by atoms with Crippen LogP contribution in [0.25, 0.3) is 22.6 Å². The van der Waals surface area contributed by atoms with Crippen LogP contribution in [0.4, 0.5) is 5.82 Å². The maximum absolute atomic E-state index is 13.5. The molecule has 1 aromatic carbocycles. The highest BCUT2D eigenvalue weighted by molar-refractivity contribution is 6.09. The van der Waals surface area contributed by atoms with Gasteiger partial charge in [-0.05, 0) is 49.6 Å². The SMILES string of the molecule is CC(C)Cn1cc(-c2ccc3c(c2)C(=O)N(c2cccc(-c4nncn4C(C)C)n2)CO3)cn1. The summed E-state index contributed by atoms with van der Waals surface area (Å²) < 4.78 is 9.79. The Balaban J connectivity index is 1.45. The Bertz CT molecular complexity index is 1340. The van der Waals surface area contributed by atoms with Gasteiger partial charge in [-0.1, -0.05) is 26.0 Å². The molecule has 5 rings (SSSR count). The normalized spacial score (nSPS) is 13.5. The van der Waals surface area contributed by atoms with E-state index in [1.165, 1.54) is 4.90 Å². The summed E-state index contributed by atoms with van der Waals surface area (Å²) in [7, 11) is 0. The first-order valence-electron chi connectivity index (χ1n) is 11.4. The van der Waals surface area contributed by atoms with Crippen molar-refractivity contribution in [1.82, 2.24) is 29.5 Å². The van der Waals surface area contributed by atoms with Gasteiger partial charge in [-0.15, -0.1) is 10.2 Å². The lowest BCUT2D eigenvalue weighted by Gasteiger charge is -2.28. The molecule has 9 nitrogen and oxygen atoms in total. The summed E-state index contributed by atoms with van der Waals surface area (Å²) >= 11 is 0. The Morgan fingerprint density at radius 3 is 2.74 bits per heavy atom. The van der Waals surface area contributed by atoms with E-state index in [9.17, 15) is 4.79 Å². The number of ether oxygens (including phenoxy) is 1. The lowest BCUT2D eigenvalue weighted by atomic mass is 10.0. The van der Waals surface area contributed by atoms with Crippen molar-refractivity contribution in [1.29, 1.82) is 0 Å². The second-order valence-electron chi connectivity index (χ2n) is 9.10. The van der Waals surface area contributed by atoms with Gasteiger partial charge in [0.25, 0.3) is 5.91 Å². The third kappa shape index (κ3) is 4.05. The van der Waals surface area contributed by atoms with Crippen LogP contribution >= 0.6 is 0 Å². The molecule has 1 amide bonds. The molecule has 4 aromatic rings. The minimum Gasteiger partial charge on any atom is -0.472 e. The molecule has 0 aliphatic carbocycles. The van der Waals surface area contributed by atoms with Gasteiger partial charge in [0.05, 0.1) is 11.8 Å². The van der Waals surface area contributed by atoms with Crippen LogP contribution in [-0.2, 0) is 6.54 Å². The van der Waals surface area contributed by atoms with Gasteiger partial charge in [0, 0.05) is 24.3 Å². The van der Waals surface area contributed by atoms with Crippen molar-refractivity contribution in [2.45, 2.75) is 40.3 Å². The number of fused-ring (bicyclic) bond motifs is 1. The van der Waals surface area contributed by atoms with Crippen LogP contribution in [0.5, 0.6) is 5.75 Å². The molecule has 0 fully saturated rings. The smallest absolute Gasteiger partial charge is 0.265 e. The summed E-state index contributed by atoms with van der Waals surface area (Å²) in [6.45, 7) is 9.35. The van der Waals surface area contributed by atoms with Crippen LogP contribution in [0.2, 0.25) is 0 Å². The minimum absolute atomic E-state index is 0.0881. The molecule has 9 heteroatoms. The standard InChI is InChI=1S/C25H27N7O2/c1-16(2)12-30-13-19(11-27-30)18-8-9-22-20(10-18)25(33)32(15-34-22)23-7-5-6-21(28-23)24-29-26-14-31(24)17(3)4/h5-11,13-14,16-17H,12,15H2,1-4H3. The number of hydrogen-bond acceptors (Lipinski definition) is 6. The van der Waals surface area contributed by atoms with E-state index in [2.05, 4.69) is 43.0 Å². The zero-order chi connectivity index (χ0) is 23.8. The molecule has 0 saturated heterocycles. The number of carbonyl (C=O) groups excluding carboxylic acids is 1. The summed E-state index contributed by atoms with van der Waals surface area (Å²) in [5.41, 5.74) is 3.02. The molecular formula is C25H27N7O2. The van der Waals surface area contributed by atoms with Crippen molar-refractivity contribution >= 4 is 11.7 Å². The summed E-state index contributed by atoms with van der Waals surface area (Å²) in [5, 5.41) is 12.7. The minimum atomic E-state index is -0.160. The number of aromatic nitrogens is 6. The molecule has 0 unspecified atom stereocenters. The Morgan fingerprint density at radius 2 is 1.94 bits per heavy atom. The third-order valence-corrected chi connectivity index (χ3v) is 5.69. The van der Waals surface area contributed by atoms with Crippen LogP contribution in [0.1, 0.15) is 44.1 Å². The third-order valence-electron chi connectivity index (χ3n) is 5.69. The Hall–Kier alpha value is -4.01. The predicted octanol–water partition coefficient (Wildman–Crippen LogP) is 4.44. The van der Waals surface area contributed by atoms with Crippen LogP contribution in [0.3, 0.4) is 0 Å². The molecule has 0 radical (unpaired) electrons. The summed E-state index contributed by atoms with van der Waals surface area (Å²) in [5.74, 6) is 2.06. The van der Waals surface area contributed by atoms with E-state index in [-0.39, 0.29) is 18.7 Å². The Kier molecular flexibility index (Phi) is 5.61. The van der Waals surface area contributed by atoms with Gasteiger partial charge in [-0.2, -0.15) is 5.10 Å². The van der Waals surface area contributed by atoms with E-state index < -0.39 is 0 Å². The summed E-state index contributed by atoms with van der Waals surface area (Å²) in [6, 6.07) is 11.4. The van der Waals surface area contributed by atoms with Gasteiger partial charge in [0.15, 0.2) is 12.6 Å². The van der Waals surface area contributed by atoms with Gasteiger partial charge in [-0.25, -0.2) is 4.98 Å². The number of carbonyl (C=O) groups is 1. The average Bonchev–Trinajstić information content (AvgIpc) is 3.49. The highest BCUT2D eigenvalue weighted by atomic mass is 16.5. The fraction of sp³-hybridized carbons (Fsp3) is 0.320. The van der Waals surface area contributed by atoms with Gasteiger partial charge >= 0.3 is 0 Å². The number of rotatable bonds is 6. The van der Waals surface area contributed by atoms with Crippen molar-refractivity contribution in [2.24, 2.45) is 5.92 Å². The number of anilines is 1. The Morgan fingerprint density at radius 1 is 1.09 bits per heavy atom. The van der Waals surface area contributed by atoms with Crippen molar-refractivity contribution in [3.8, 4) is 28.4 Å². The maximum Gasteiger partial charge on any atom is 0.265 e. The van der Waals surface area contributed by atoms with Crippen molar-refractivity contribution < 1.29 is 9.53 Å². The molecule has 0 N–H and O–H groups in total. The first-order chi connectivity index (χ1) is 16.4. The largest absolute Gasteiger partial charge is 0.472 e. The molecule has 0 saturated carbocycles. The summed E-state index contributed by atoms with van der Waals surface area (Å²) in [6.07, 6.45) is 5.51. The van der Waals surface area contributed by atoms with Gasteiger partial charge in [0.1, 0.15) is 23.6 Å². The fourth-order valence-electron chi connectivity index (χ4n) is 4.00. The first-order valence-corrected chi connectivity index (χ1v) is 11.4. The molecule has 174 valence electrons. The molecule has 3 aromatic heterocycles. The number of amides is 1. The quantitative estimate of drug-likeness (QED) is 0.425. The van der Waals surface area contributed by atoms with E-state index in [0.717, 1.165) is 17.7 Å². The molecule has 0 bridgehead atoms. The fourth-order valence-corrected chi connectivity index (χ4v) is 4.00. The number of hydrogen-bond donors (Lipinski definition) is 0. The molecule has 1 aliphatic rings. The van der Waals surface area contributed by atoms with E-state index in [1.807, 2.05) is 52.0 Å². The first kappa shape index (κ1) is 21.8. The molecule has 1 aliphatic heterocycles. The zero-order valence-electron chi connectivity index (χ0n) is 19.7. The highest BCUT2D eigenvalue weighted by Crippen LogP contribution is 2.32. The van der Waals surface area contributed by atoms with Crippen molar-refractivity contribution in [3.63, 3.8) is 0 Å². The number of nitrogens with zero attached hydrogens (tertiary/aromatic N) is 7. The molecule has 0 atom stereocenters. The number of pyridine rings is 1. The zero-order valence-corrected chi connectivity index (χ0v) is 19.7. The topological polar surface area (TPSA) is 91.0 Å². The summed E-state index contributed by atoms with van der Waals surface area (Å²) in [4.78, 5) is 19.7. The number of benzene rings is 1. The van der Waals surface area contributed by atoms with Crippen molar-refractivity contribution in [2.75, 3.05) is 11.6 Å². The lowest BCUT2D eigenvalue weighted by molar-refractivity contribution is 0.0936. The highest BCUT2D eigenvalue weighted by Gasteiger charge is 2.29. The Labute approximate surface area is 198 Å². The van der Waals surface area contributed by atoms with Gasteiger partial charge < -0.3 is 9.30 Å². The molecule has 4 heterocycles. The van der Waals surface area contributed by atoms with E-state index in [4.69, 9.17) is 9.72 Å². The van der Waals surface area contributed by atoms with Crippen LogP contribution in [0, 0.1) is 5.92 Å². The second-order valence-corrected chi connectivity index (χ2v) is 9.10. The van der Waals surface area contributed by atoms with Crippen LogP contribution < -0.4 is 9.64 Å². The van der Waals surface area contributed by atoms with Gasteiger partial charge in [0.2, 0.25) is 0 Å². The predicted molar refractivity (Wildman–Crippen MR) is 128 cm³/mol. The molecule has 0 spiro atoms. The monoisotopic (exact) mass is 457 g/mol. The average molecular weight is 458 g/mol. The molecule has 34 heavy (non-hydrogen) atoms. The molecular weight excluding hydrogens is 430 g/mol. The van der Waals surface area contributed by atoms with E-state index in [1.54, 1.807) is 12.4 Å². The van der Waals surface area contributed by atoms with Crippen LogP contribution in [0.15, 0.2) is 55.1 Å². The van der Waals surface area contributed by atoms with Gasteiger partial charge in [-0.3, -0.25) is 14.4 Å². The van der Waals surface area contributed by atoms with Crippen molar-refractivity contribution in [3.05, 3.63) is 60.7 Å². The van der Waals surface area contributed by atoms with Crippen LogP contribution in [-0.4, -0.2) is 42.2 Å². The van der Waals surface area contributed by atoms with E-state index >= 15 is 0 Å². The maximum atomic E-state index is 13.5. The lowest BCUT2D eigenvalue weighted by Crippen LogP contribution is -2.39. The van der Waals surface area contributed by atoms with E-state index in [0.29, 0.717) is 34.6 Å².